The Morgan fingerprint density at radius 3 is 2.71 bits per heavy atom. The Balaban J connectivity index is 1.97. The number of anilines is 1. The summed E-state index contributed by atoms with van der Waals surface area (Å²) in [5, 5.41) is 3.13. The van der Waals surface area contributed by atoms with Gasteiger partial charge in [0.2, 0.25) is 0 Å². The van der Waals surface area contributed by atoms with E-state index in [4.69, 9.17) is 4.74 Å². The highest BCUT2D eigenvalue weighted by Crippen LogP contribution is 2.38. The summed E-state index contributed by atoms with van der Waals surface area (Å²) in [4.78, 5) is 13.2. The molecule has 1 amide bonds. The van der Waals surface area contributed by atoms with Gasteiger partial charge < -0.3 is 15.0 Å². The highest BCUT2D eigenvalue weighted by atomic mass is 19.4. The van der Waals surface area contributed by atoms with Gasteiger partial charge in [0.05, 0.1) is 17.8 Å². The van der Waals surface area contributed by atoms with E-state index in [0.29, 0.717) is 13.0 Å². The molecule has 0 saturated carbocycles. The maximum Gasteiger partial charge on any atom is 0.418 e. The lowest BCUT2D eigenvalue weighted by atomic mass is 9.99. The van der Waals surface area contributed by atoms with Crippen molar-refractivity contribution in [2.24, 2.45) is 0 Å². The number of nitrogens with one attached hydrogen (secondary N) is 1. The normalized spacial score (nSPS) is 26.6. The quantitative estimate of drug-likeness (QED) is 0.860. The number of carbonyl (C=O) groups excluding carboxylic acids is 1. The highest BCUT2D eigenvalue weighted by Gasteiger charge is 2.44. The first kappa shape index (κ1) is 14.3. The molecular formula is C14H15F3N2O2. The van der Waals surface area contributed by atoms with E-state index in [-0.39, 0.29) is 18.8 Å². The van der Waals surface area contributed by atoms with Crippen molar-refractivity contribution in [1.82, 2.24) is 5.32 Å². The zero-order valence-electron chi connectivity index (χ0n) is 11.2. The third-order valence-electron chi connectivity index (χ3n) is 3.95. The number of halogens is 3. The van der Waals surface area contributed by atoms with Crippen molar-refractivity contribution in [3.05, 3.63) is 29.8 Å². The van der Waals surface area contributed by atoms with Gasteiger partial charge in [-0.1, -0.05) is 12.1 Å². The Kier molecular flexibility index (Phi) is 3.41. The van der Waals surface area contributed by atoms with E-state index in [2.05, 4.69) is 5.32 Å². The molecule has 2 heterocycles. The van der Waals surface area contributed by atoms with Crippen LogP contribution in [-0.2, 0) is 15.7 Å². The van der Waals surface area contributed by atoms with Crippen molar-refractivity contribution in [3.8, 4) is 0 Å². The number of para-hydroxylation sites is 1. The van der Waals surface area contributed by atoms with E-state index >= 15 is 0 Å². The number of hydrogen-bond donors (Lipinski definition) is 1. The van der Waals surface area contributed by atoms with Gasteiger partial charge in [0.25, 0.3) is 5.91 Å². The fourth-order valence-corrected chi connectivity index (χ4v) is 2.86. The van der Waals surface area contributed by atoms with Gasteiger partial charge in [-0.3, -0.25) is 4.79 Å². The van der Waals surface area contributed by atoms with Gasteiger partial charge in [-0.05, 0) is 25.1 Å². The summed E-state index contributed by atoms with van der Waals surface area (Å²) in [7, 11) is 0. The van der Waals surface area contributed by atoms with Crippen LogP contribution in [0.4, 0.5) is 18.9 Å². The standard InChI is InChI=1S/C14H15F3N2O2/c15-14(16,17)10-3-1-2-4-11(10)19-9-13(5-6-18-8-13)21-7-12(19)20/h1-4,18H,5-9H2. The van der Waals surface area contributed by atoms with Gasteiger partial charge in [0.15, 0.2) is 0 Å². The second-order valence-electron chi connectivity index (χ2n) is 5.39. The first-order valence-corrected chi connectivity index (χ1v) is 6.73. The number of alkyl halides is 3. The van der Waals surface area contributed by atoms with E-state index in [9.17, 15) is 18.0 Å². The van der Waals surface area contributed by atoms with Crippen molar-refractivity contribution in [2.45, 2.75) is 18.2 Å². The van der Waals surface area contributed by atoms with Crippen LogP contribution < -0.4 is 10.2 Å². The highest BCUT2D eigenvalue weighted by molar-refractivity contribution is 5.96. The molecule has 114 valence electrons. The molecule has 1 atom stereocenters. The fourth-order valence-electron chi connectivity index (χ4n) is 2.86. The number of nitrogens with zero attached hydrogens (tertiary/aromatic N) is 1. The largest absolute Gasteiger partial charge is 0.418 e. The molecule has 3 rings (SSSR count). The van der Waals surface area contributed by atoms with Crippen LogP contribution in [0.5, 0.6) is 0 Å². The maximum absolute atomic E-state index is 13.1. The number of amides is 1. The van der Waals surface area contributed by atoms with Gasteiger partial charge in [-0.15, -0.1) is 0 Å². The molecule has 1 N–H and O–H groups in total. The van der Waals surface area contributed by atoms with Crippen LogP contribution in [0, 0.1) is 0 Å². The number of rotatable bonds is 1. The topological polar surface area (TPSA) is 41.6 Å². The van der Waals surface area contributed by atoms with Crippen LogP contribution in [0.25, 0.3) is 0 Å². The smallest absolute Gasteiger partial charge is 0.362 e. The lowest BCUT2D eigenvalue weighted by Gasteiger charge is -2.40. The van der Waals surface area contributed by atoms with Gasteiger partial charge in [0, 0.05) is 6.54 Å². The first-order valence-electron chi connectivity index (χ1n) is 6.73. The maximum atomic E-state index is 13.1. The summed E-state index contributed by atoms with van der Waals surface area (Å²) in [6, 6.07) is 5.16. The first-order chi connectivity index (χ1) is 9.91. The van der Waals surface area contributed by atoms with Crippen LogP contribution in [0.1, 0.15) is 12.0 Å². The Morgan fingerprint density at radius 1 is 1.29 bits per heavy atom. The van der Waals surface area contributed by atoms with Crippen molar-refractivity contribution in [2.75, 3.05) is 31.1 Å². The molecule has 0 aliphatic carbocycles. The Hall–Kier alpha value is -1.60. The molecular weight excluding hydrogens is 285 g/mol. The van der Waals surface area contributed by atoms with E-state index in [1.165, 1.54) is 23.1 Å². The Labute approximate surface area is 119 Å². The predicted octanol–water partition coefficient (Wildman–Crippen LogP) is 1.80. The summed E-state index contributed by atoms with van der Waals surface area (Å²) < 4.78 is 44.9. The average Bonchev–Trinajstić information content (AvgIpc) is 2.89. The van der Waals surface area contributed by atoms with Crippen LogP contribution in [-0.4, -0.2) is 37.7 Å². The lowest BCUT2D eigenvalue weighted by molar-refractivity contribution is -0.139. The van der Waals surface area contributed by atoms with Crippen LogP contribution in [0.3, 0.4) is 0 Å². The predicted molar refractivity (Wildman–Crippen MR) is 70.0 cm³/mol. The molecule has 1 spiro atoms. The molecule has 0 bridgehead atoms. The molecule has 2 aliphatic heterocycles. The minimum Gasteiger partial charge on any atom is -0.362 e. The van der Waals surface area contributed by atoms with Gasteiger partial charge in [0.1, 0.15) is 12.2 Å². The van der Waals surface area contributed by atoms with E-state index in [1.54, 1.807) is 0 Å². The number of carbonyl (C=O) groups is 1. The van der Waals surface area contributed by atoms with Gasteiger partial charge >= 0.3 is 6.18 Å². The van der Waals surface area contributed by atoms with E-state index < -0.39 is 23.2 Å². The van der Waals surface area contributed by atoms with Gasteiger partial charge in [-0.25, -0.2) is 0 Å². The SMILES string of the molecule is O=C1COC2(CCNC2)CN1c1ccccc1C(F)(F)F. The number of benzene rings is 1. The Bertz CT molecular complexity index is 553. The summed E-state index contributed by atoms with van der Waals surface area (Å²) in [6.07, 6.45) is -3.80. The molecule has 7 heteroatoms. The van der Waals surface area contributed by atoms with Crippen LogP contribution >= 0.6 is 0 Å². The molecule has 0 radical (unpaired) electrons. The molecule has 1 unspecified atom stereocenters. The molecule has 21 heavy (non-hydrogen) atoms. The minimum absolute atomic E-state index is 0.0930. The zero-order valence-corrected chi connectivity index (χ0v) is 11.2. The van der Waals surface area contributed by atoms with Crippen molar-refractivity contribution < 1.29 is 22.7 Å². The molecule has 4 nitrogen and oxygen atoms in total. The molecule has 1 aromatic rings. The van der Waals surface area contributed by atoms with Gasteiger partial charge in [-0.2, -0.15) is 13.2 Å². The summed E-state index contributed by atoms with van der Waals surface area (Å²) in [5.41, 5.74) is -1.46. The average molecular weight is 300 g/mol. The molecule has 2 saturated heterocycles. The molecule has 1 aromatic carbocycles. The van der Waals surface area contributed by atoms with Crippen LogP contribution in [0.15, 0.2) is 24.3 Å². The molecule has 0 aromatic heterocycles. The number of morpholine rings is 1. The number of hydrogen-bond acceptors (Lipinski definition) is 3. The van der Waals surface area contributed by atoms with Crippen molar-refractivity contribution in [1.29, 1.82) is 0 Å². The summed E-state index contributed by atoms with van der Waals surface area (Å²) >= 11 is 0. The second kappa shape index (κ2) is 4.99. The van der Waals surface area contributed by atoms with Crippen molar-refractivity contribution >= 4 is 11.6 Å². The molecule has 2 fully saturated rings. The fraction of sp³-hybridized carbons (Fsp3) is 0.500. The van der Waals surface area contributed by atoms with E-state index in [0.717, 1.165) is 12.6 Å². The summed E-state index contributed by atoms with van der Waals surface area (Å²) in [6.45, 7) is 1.24. The molecule has 2 aliphatic rings. The minimum atomic E-state index is -4.49. The third-order valence-corrected chi connectivity index (χ3v) is 3.95. The second-order valence-corrected chi connectivity index (χ2v) is 5.39. The number of ether oxygens (including phenoxy) is 1. The van der Waals surface area contributed by atoms with Crippen LogP contribution in [0.2, 0.25) is 0 Å². The monoisotopic (exact) mass is 300 g/mol. The zero-order chi connectivity index (χ0) is 15.1. The van der Waals surface area contributed by atoms with Crippen molar-refractivity contribution in [3.63, 3.8) is 0 Å². The summed E-state index contributed by atoms with van der Waals surface area (Å²) in [5.74, 6) is -0.441. The lowest BCUT2D eigenvalue weighted by Crippen LogP contribution is -2.56. The third kappa shape index (κ3) is 2.63. The Morgan fingerprint density at radius 2 is 2.05 bits per heavy atom. The van der Waals surface area contributed by atoms with E-state index in [1.807, 2.05) is 0 Å².